The van der Waals surface area contributed by atoms with Crippen LogP contribution in [0.4, 0.5) is 34.1 Å². The maximum atomic E-state index is 2.51. The van der Waals surface area contributed by atoms with Crippen molar-refractivity contribution in [3.05, 3.63) is 370 Å². The standard InChI is InChI=1S/C88H62N2S2/c1-55-23-19-24-56(2)85(55)89(65-33-21-31-63(51-65)87(61-27-7-5-8-28-61)77-39-15-11-35-69(77)70-36-12-16-40-78(70)87)67-43-45-73-75-47-59-50-82-76(48-60(59)49-81(75)91-83(73)53-67)74-46-44-68(54-84(74)92-82)90(86-57(3)25-20-26-58(86)4)66-34-22-32-64(52-66)88(62-29-9-6-10-30-62)79-41-17-13-37-71(79)72-38-14-18-42-80(72)88/h5-54H,1-4H3. The first-order chi connectivity index (χ1) is 45.2. The van der Waals surface area contributed by atoms with Crippen LogP contribution in [0.3, 0.4) is 0 Å². The summed E-state index contributed by atoms with van der Waals surface area (Å²) in [6, 6.07) is 115. The van der Waals surface area contributed by atoms with Crippen molar-refractivity contribution in [2.24, 2.45) is 0 Å². The average Bonchev–Trinajstić information content (AvgIpc) is 1.54. The van der Waals surface area contributed by atoms with E-state index in [1.807, 2.05) is 22.7 Å². The van der Waals surface area contributed by atoms with Gasteiger partial charge in [-0.25, -0.2) is 0 Å². The Morgan fingerprint density at radius 2 is 0.543 bits per heavy atom. The van der Waals surface area contributed by atoms with Crippen LogP contribution in [0.1, 0.15) is 66.8 Å². The number of hydrogen-bond acceptors (Lipinski definition) is 4. The molecule has 2 aliphatic carbocycles. The number of rotatable bonds is 10. The van der Waals surface area contributed by atoms with Gasteiger partial charge in [-0.1, -0.05) is 231 Å². The normalized spacial score (nSPS) is 13.4. The fourth-order valence-corrected chi connectivity index (χ4v) is 18.7. The van der Waals surface area contributed by atoms with Crippen molar-refractivity contribution in [3.63, 3.8) is 0 Å². The maximum Gasteiger partial charge on any atom is 0.0714 e. The average molecular weight is 1210 g/mol. The fraction of sp³-hybridized carbons (Fsp3) is 0.0682. The monoisotopic (exact) mass is 1210 g/mol. The van der Waals surface area contributed by atoms with Crippen LogP contribution in [0.2, 0.25) is 0 Å². The first-order valence-electron chi connectivity index (χ1n) is 32.0. The lowest BCUT2D eigenvalue weighted by Gasteiger charge is -2.35. The molecule has 14 aromatic carbocycles. The molecule has 0 N–H and O–H groups in total. The Kier molecular flexibility index (Phi) is 12.4. The van der Waals surface area contributed by atoms with Crippen LogP contribution in [0.25, 0.3) is 73.4 Å². The zero-order valence-electron chi connectivity index (χ0n) is 51.6. The first kappa shape index (κ1) is 54.3. The predicted octanol–water partition coefficient (Wildman–Crippen LogP) is 24.5. The molecule has 0 bridgehead atoms. The molecule has 92 heavy (non-hydrogen) atoms. The number of nitrogens with zero attached hydrogens (tertiary/aromatic N) is 2. The number of benzene rings is 14. The third-order valence-electron chi connectivity index (χ3n) is 20.2. The summed E-state index contributed by atoms with van der Waals surface area (Å²) in [5.41, 5.74) is 26.3. The van der Waals surface area contributed by atoms with E-state index in [1.165, 1.54) is 152 Å². The summed E-state index contributed by atoms with van der Waals surface area (Å²) in [5, 5.41) is 7.66. The summed E-state index contributed by atoms with van der Waals surface area (Å²) in [6.07, 6.45) is 0. The van der Waals surface area contributed by atoms with E-state index in [4.69, 9.17) is 0 Å². The zero-order chi connectivity index (χ0) is 61.4. The molecule has 0 saturated carbocycles. The first-order valence-corrected chi connectivity index (χ1v) is 33.6. The van der Waals surface area contributed by atoms with E-state index < -0.39 is 10.8 Å². The van der Waals surface area contributed by atoms with Crippen molar-refractivity contribution in [2.45, 2.75) is 38.5 Å². The van der Waals surface area contributed by atoms with E-state index in [0.717, 1.165) is 22.7 Å². The molecule has 18 rings (SSSR count). The molecule has 2 heterocycles. The SMILES string of the molecule is Cc1cccc(C)c1N(c1cccc(C2(c3ccccc3)c3ccccc3-c3ccccc32)c1)c1ccc2c(c1)sc1cc3cc4c(cc3cc12)sc1cc(N(c2cccc(C3(c5ccccc5)c5ccccc5-c5ccccc53)c2)c2c(C)cccc2C)ccc14. The molecule has 2 aliphatic rings. The summed E-state index contributed by atoms with van der Waals surface area (Å²) in [4.78, 5) is 5.03. The Hall–Kier alpha value is -10.6. The van der Waals surface area contributed by atoms with Gasteiger partial charge < -0.3 is 9.80 Å². The molecule has 0 spiro atoms. The summed E-state index contributed by atoms with van der Waals surface area (Å²) < 4.78 is 5.12. The Bertz CT molecular complexity index is 5190. The van der Waals surface area contributed by atoms with Crippen molar-refractivity contribution < 1.29 is 0 Å². The maximum absolute atomic E-state index is 2.51. The third-order valence-corrected chi connectivity index (χ3v) is 22.5. The van der Waals surface area contributed by atoms with Crippen LogP contribution in [0.5, 0.6) is 0 Å². The van der Waals surface area contributed by atoms with Crippen molar-refractivity contribution in [3.8, 4) is 22.3 Å². The lowest BCUT2D eigenvalue weighted by molar-refractivity contribution is 0.768. The van der Waals surface area contributed by atoms with Gasteiger partial charge in [-0.3, -0.25) is 0 Å². The van der Waals surface area contributed by atoms with Crippen LogP contribution in [0.15, 0.2) is 303 Å². The number of hydrogen-bond donors (Lipinski definition) is 0. The van der Waals surface area contributed by atoms with Gasteiger partial charge in [-0.2, -0.15) is 0 Å². The molecule has 0 amide bonds. The summed E-state index contributed by atoms with van der Waals surface area (Å²) in [6.45, 7) is 9.01. The van der Waals surface area contributed by atoms with Gasteiger partial charge >= 0.3 is 0 Å². The number of thiophene rings is 2. The van der Waals surface area contributed by atoms with Crippen LogP contribution in [-0.4, -0.2) is 0 Å². The molecule has 0 atom stereocenters. The van der Waals surface area contributed by atoms with Crippen LogP contribution < -0.4 is 9.80 Å². The minimum atomic E-state index is -0.515. The van der Waals surface area contributed by atoms with Crippen molar-refractivity contribution in [1.29, 1.82) is 0 Å². The molecule has 16 aromatic rings. The van der Waals surface area contributed by atoms with E-state index in [9.17, 15) is 0 Å². The van der Waals surface area contributed by atoms with Gasteiger partial charge in [0.1, 0.15) is 0 Å². The highest BCUT2D eigenvalue weighted by Gasteiger charge is 2.48. The van der Waals surface area contributed by atoms with Gasteiger partial charge in [0.25, 0.3) is 0 Å². The van der Waals surface area contributed by atoms with Crippen LogP contribution >= 0.6 is 22.7 Å². The smallest absolute Gasteiger partial charge is 0.0714 e. The summed E-state index contributed by atoms with van der Waals surface area (Å²) >= 11 is 3.79. The largest absolute Gasteiger partial charge is 0.310 e. The Morgan fingerprint density at radius 3 is 0.913 bits per heavy atom. The molecule has 0 unspecified atom stereocenters. The third kappa shape index (κ3) is 7.97. The lowest BCUT2D eigenvalue weighted by atomic mass is 9.67. The van der Waals surface area contributed by atoms with E-state index in [-0.39, 0.29) is 0 Å². The van der Waals surface area contributed by atoms with Gasteiger partial charge in [0, 0.05) is 63.1 Å². The molecular formula is C88H62N2S2. The van der Waals surface area contributed by atoms with Gasteiger partial charge in [-0.05, 0) is 200 Å². The second kappa shape index (κ2) is 21.0. The molecule has 0 fully saturated rings. The molecule has 0 saturated heterocycles. The van der Waals surface area contributed by atoms with E-state index >= 15 is 0 Å². The molecule has 2 nitrogen and oxygen atoms in total. The number of fused-ring (bicyclic) bond motifs is 13. The van der Waals surface area contributed by atoms with Crippen molar-refractivity contribution in [2.75, 3.05) is 9.80 Å². The van der Waals surface area contributed by atoms with Crippen molar-refractivity contribution >= 4 is 108 Å². The molecule has 4 heteroatoms. The Balaban J connectivity index is 0.747. The van der Waals surface area contributed by atoms with Crippen LogP contribution in [-0.2, 0) is 10.8 Å². The highest BCUT2D eigenvalue weighted by molar-refractivity contribution is 7.26. The quantitative estimate of drug-likeness (QED) is 0.135. The van der Waals surface area contributed by atoms with E-state index in [0.29, 0.717) is 0 Å². The Labute approximate surface area is 544 Å². The molecule has 2 aromatic heterocycles. The number of aryl methyl sites for hydroxylation is 4. The molecule has 0 radical (unpaired) electrons. The summed E-state index contributed by atoms with van der Waals surface area (Å²) in [5.74, 6) is 0. The highest BCUT2D eigenvalue weighted by atomic mass is 32.1. The van der Waals surface area contributed by atoms with E-state index in [1.54, 1.807) is 0 Å². The second-order valence-electron chi connectivity index (χ2n) is 25.3. The minimum absolute atomic E-state index is 0.515. The number of anilines is 6. The van der Waals surface area contributed by atoms with Gasteiger partial charge in [0.2, 0.25) is 0 Å². The van der Waals surface area contributed by atoms with Gasteiger partial charge in [0.15, 0.2) is 0 Å². The number of para-hydroxylation sites is 2. The highest BCUT2D eigenvalue weighted by Crippen LogP contribution is 2.59. The minimum Gasteiger partial charge on any atom is -0.310 e. The second-order valence-corrected chi connectivity index (χ2v) is 27.4. The lowest BCUT2D eigenvalue weighted by Crippen LogP contribution is -2.28. The van der Waals surface area contributed by atoms with E-state index in [2.05, 4.69) is 341 Å². The predicted molar refractivity (Wildman–Crippen MR) is 393 cm³/mol. The van der Waals surface area contributed by atoms with Gasteiger partial charge in [0.05, 0.1) is 22.2 Å². The molecule has 436 valence electrons. The zero-order valence-corrected chi connectivity index (χ0v) is 53.2. The topological polar surface area (TPSA) is 6.48 Å². The summed E-state index contributed by atoms with van der Waals surface area (Å²) in [7, 11) is 0. The fourth-order valence-electron chi connectivity index (χ4n) is 16.4. The van der Waals surface area contributed by atoms with Gasteiger partial charge in [-0.15, -0.1) is 22.7 Å². The Morgan fingerprint density at radius 1 is 0.239 bits per heavy atom. The van der Waals surface area contributed by atoms with Crippen LogP contribution in [0, 0.1) is 27.7 Å². The van der Waals surface area contributed by atoms with Crippen molar-refractivity contribution in [1.82, 2.24) is 0 Å². The molecular weight excluding hydrogens is 1150 g/mol. The molecule has 0 aliphatic heterocycles.